The van der Waals surface area contributed by atoms with Crippen LogP contribution in [-0.4, -0.2) is 43.6 Å². The van der Waals surface area contributed by atoms with E-state index in [1.54, 1.807) is 11.0 Å². The number of nitrogens with zero attached hydrogens (tertiary/aromatic N) is 3. The normalized spacial score (nSPS) is 19.0. The van der Waals surface area contributed by atoms with Gasteiger partial charge in [-0.3, -0.25) is 14.3 Å². The highest BCUT2D eigenvalue weighted by atomic mass is 16.2. The van der Waals surface area contributed by atoms with Crippen LogP contribution in [0.1, 0.15) is 53.6 Å². The summed E-state index contributed by atoms with van der Waals surface area (Å²) in [6.45, 7) is 3.93. The lowest BCUT2D eigenvalue weighted by atomic mass is 9.86. The molecule has 0 atom stereocenters. The van der Waals surface area contributed by atoms with Crippen molar-refractivity contribution >= 4 is 11.8 Å². The number of carbonyl (C=O) groups excluding carboxylic acids is 2. The lowest BCUT2D eigenvalue weighted by Crippen LogP contribution is -2.53. The average molecular weight is 358 g/mol. The number of hydrogen-bond donors (Lipinski definition) is 3. The zero-order valence-electron chi connectivity index (χ0n) is 15.5. The van der Waals surface area contributed by atoms with Gasteiger partial charge in [0.15, 0.2) is 0 Å². The summed E-state index contributed by atoms with van der Waals surface area (Å²) < 4.78 is 1.77. The first kappa shape index (κ1) is 18.2. The first-order chi connectivity index (χ1) is 12.5. The molecule has 1 aliphatic rings. The Bertz CT molecular complexity index is 787. The second-order valence-electron chi connectivity index (χ2n) is 6.90. The van der Waals surface area contributed by atoms with Gasteiger partial charge in [0.25, 0.3) is 5.91 Å². The molecule has 140 valence electrons. The fourth-order valence-corrected chi connectivity index (χ4v) is 3.34. The molecule has 0 saturated heterocycles. The second-order valence-corrected chi connectivity index (χ2v) is 6.90. The fourth-order valence-electron chi connectivity index (χ4n) is 3.34. The Kier molecular flexibility index (Phi) is 5.39. The Morgan fingerprint density at radius 3 is 2.69 bits per heavy atom. The molecule has 26 heavy (non-hydrogen) atoms. The van der Waals surface area contributed by atoms with Gasteiger partial charge in [0.1, 0.15) is 5.69 Å². The maximum absolute atomic E-state index is 12.2. The number of imidazole rings is 1. The molecule has 3 rings (SSSR count). The van der Waals surface area contributed by atoms with Gasteiger partial charge < -0.3 is 15.6 Å². The van der Waals surface area contributed by atoms with E-state index in [-0.39, 0.29) is 23.9 Å². The summed E-state index contributed by atoms with van der Waals surface area (Å²) in [6, 6.07) is 0.224. The number of rotatable bonds is 7. The molecule has 0 aromatic carbocycles. The van der Waals surface area contributed by atoms with Crippen molar-refractivity contribution in [2.75, 3.05) is 0 Å². The molecular weight excluding hydrogens is 332 g/mol. The van der Waals surface area contributed by atoms with Gasteiger partial charge in [-0.2, -0.15) is 5.10 Å². The van der Waals surface area contributed by atoms with Gasteiger partial charge in [-0.25, -0.2) is 4.98 Å². The predicted molar refractivity (Wildman–Crippen MR) is 96.7 cm³/mol. The number of H-pyrrole nitrogens is 1. The van der Waals surface area contributed by atoms with Crippen molar-refractivity contribution in [1.82, 2.24) is 30.4 Å². The number of aryl methyl sites for hydroxylation is 4. The van der Waals surface area contributed by atoms with Gasteiger partial charge in [0, 0.05) is 37.4 Å². The van der Waals surface area contributed by atoms with Gasteiger partial charge in [0.2, 0.25) is 5.91 Å². The number of carbonyl (C=O) groups is 2. The van der Waals surface area contributed by atoms with Crippen LogP contribution in [0.15, 0.2) is 12.5 Å². The number of aromatic nitrogens is 4. The molecule has 2 heterocycles. The summed E-state index contributed by atoms with van der Waals surface area (Å²) in [5.74, 6) is -0.103. The largest absolute Gasteiger partial charge is 0.353 e. The van der Waals surface area contributed by atoms with Crippen molar-refractivity contribution in [1.29, 1.82) is 0 Å². The highest BCUT2D eigenvalue weighted by Crippen LogP contribution is 2.21. The van der Waals surface area contributed by atoms with E-state index in [2.05, 4.69) is 25.7 Å². The summed E-state index contributed by atoms with van der Waals surface area (Å²) in [4.78, 5) is 31.4. The Morgan fingerprint density at radius 1 is 1.31 bits per heavy atom. The van der Waals surface area contributed by atoms with Crippen LogP contribution < -0.4 is 10.6 Å². The first-order valence-corrected chi connectivity index (χ1v) is 9.07. The highest BCUT2D eigenvalue weighted by molar-refractivity contribution is 5.93. The van der Waals surface area contributed by atoms with Crippen molar-refractivity contribution in [2.45, 2.75) is 58.0 Å². The van der Waals surface area contributed by atoms with Crippen LogP contribution in [0.4, 0.5) is 0 Å². The zero-order chi connectivity index (χ0) is 18.7. The van der Waals surface area contributed by atoms with Gasteiger partial charge in [0.05, 0.1) is 12.0 Å². The lowest BCUT2D eigenvalue weighted by molar-refractivity contribution is -0.122. The third kappa shape index (κ3) is 4.12. The molecule has 2 aromatic rings. The summed E-state index contributed by atoms with van der Waals surface area (Å²) in [5, 5.41) is 10.3. The van der Waals surface area contributed by atoms with E-state index in [4.69, 9.17) is 0 Å². The van der Waals surface area contributed by atoms with Gasteiger partial charge in [-0.15, -0.1) is 0 Å². The molecule has 8 heteroatoms. The Morgan fingerprint density at radius 2 is 2.04 bits per heavy atom. The minimum atomic E-state index is -0.148. The van der Waals surface area contributed by atoms with Crippen LogP contribution >= 0.6 is 0 Å². The van der Waals surface area contributed by atoms with Crippen LogP contribution in [0.3, 0.4) is 0 Å². The van der Waals surface area contributed by atoms with E-state index in [1.807, 2.05) is 27.1 Å². The quantitative estimate of drug-likeness (QED) is 0.687. The van der Waals surface area contributed by atoms with Gasteiger partial charge in [-0.05, 0) is 38.2 Å². The van der Waals surface area contributed by atoms with Crippen LogP contribution in [0, 0.1) is 6.92 Å². The molecule has 1 aliphatic carbocycles. The van der Waals surface area contributed by atoms with Crippen molar-refractivity contribution in [3.05, 3.63) is 35.2 Å². The third-order valence-corrected chi connectivity index (χ3v) is 4.86. The van der Waals surface area contributed by atoms with E-state index >= 15 is 0 Å². The van der Waals surface area contributed by atoms with Crippen molar-refractivity contribution in [3.63, 3.8) is 0 Å². The average Bonchev–Trinajstić information content (AvgIpc) is 3.16. The molecule has 8 nitrogen and oxygen atoms in total. The van der Waals surface area contributed by atoms with Crippen LogP contribution in [0.25, 0.3) is 0 Å². The molecule has 1 saturated carbocycles. The maximum atomic E-state index is 12.2. The smallest absolute Gasteiger partial charge is 0.271 e. The summed E-state index contributed by atoms with van der Waals surface area (Å²) in [5.41, 5.74) is 3.38. The minimum Gasteiger partial charge on any atom is -0.353 e. The molecule has 0 bridgehead atoms. The number of aromatic amines is 1. The molecule has 0 unspecified atom stereocenters. The molecular formula is C18H26N6O2. The Balaban J connectivity index is 1.38. The second kappa shape index (κ2) is 7.72. The van der Waals surface area contributed by atoms with Gasteiger partial charge in [-0.1, -0.05) is 6.92 Å². The third-order valence-electron chi connectivity index (χ3n) is 4.86. The molecule has 0 radical (unpaired) electrons. The lowest BCUT2D eigenvalue weighted by Gasteiger charge is -2.36. The van der Waals surface area contributed by atoms with Crippen molar-refractivity contribution < 1.29 is 9.59 Å². The summed E-state index contributed by atoms with van der Waals surface area (Å²) >= 11 is 0. The van der Waals surface area contributed by atoms with E-state index in [0.717, 1.165) is 36.2 Å². The Hall–Kier alpha value is -2.64. The van der Waals surface area contributed by atoms with Crippen LogP contribution in [0.2, 0.25) is 0 Å². The fraction of sp³-hybridized carbons (Fsp3) is 0.556. The van der Waals surface area contributed by atoms with E-state index in [9.17, 15) is 9.59 Å². The monoisotopic (exact) mass is 358 g/mol. The molecule has 2 aromatic heterocycles. The number of amides is 2. The van der Waals surface area contributed by atoms with E-state index in [0.29, 0.717) is 18.5 Å². The standard InChI is InChI=1S/C18H26N6O2/c1-4-15-17(20-10-19-15)18(26)22-14-7-13(8-14)21-16(25)6-5-12-9-24(3)23-11(12)2/h9-10,13-14H,4-8H2,1-3H3,(H,19,20)(H,21,25)(H,22,26). The number of nitrogens with one attached hydrogen (secondary N) is 3. The van der Waals surface area contributed by atoms with Crippen LogP contribution in [-0.2, 0) is 24.7 Å². The Labute approximate surface area is 152 Å². The highest BCUT2D eigenvalue weighted by Gasteiger charge is 2.32. The van der Waals surface area contributed by atoms with E-state index in [1.165, 1.54) is 0 Å². The van der Waals surface area contributed by atoms with Crippen LogP contribution in [0.5, 0.6) is 0 Å². The maximum Gasteiger partial charge on any atom is 0.271 e. The minimum absolute atomic E-state index is 0.0450. The summed E-state index contributed by atoms with van der Waals surface area (Å²) in [7, 11) is 1.88. The van der Waals surface area contributed by atoms with Crippen molar-refractivity contribution in [3.8, 4) is 0 Å². The van der Waals surface area contributed by atoms with Gasteiger partial charge >= 0.3 is 0 Å². The van der Waals surface area contributed by atoms with E-state index < -0.39 is 0 Å². The first-order valence-electron chi connectivity index (χ1n) is 9.07. The molecule has 1 fully saturated rings. The topological polar surface area (TPSA) is 105 Å². The SMILES string of the molecule is CCc1[nH]cnc1C(=O)NC1CC(NC(=O)CCc2cn(C)nc2C)C1. The summed E-state index contributed by atoms with van der Waals surface area (Å²) in [6.07, 6.45) is 6.90. The molecule has 0 spiro atoms. The van der Waals surface area contributed by atoms with Crippen molar-refractivity contribution in [2.24, 2.45) is 7.05 Å². The molecule has 0 aliphatic heterocycles. The number of hydrogen-bond acceptors (Lipinski definition) is 4. The zero-order valence-corrected chi connectivity index (χ0v) is 15.5. The molecule has 2 amide bonds. The predicted octanol–water partition coefficient (Wildman–Crippen LogP) is 1.02. The molecule has 3 N–H and O–H groups in total.